The zero-order valence-corrected chi connectivity index (χ0v) is 24.0. The topological polar surface area (TPSA) is 21.7 Å². The number of para-hydroxylation sites is 2. The summed E-state index contributed by atoms with van der Waals surface area (Å²) in [4.78, 5) is 2.39. The number of nitrogens with zero attached hydrogens (tertiary/aromatic N) is 1. The van der Waals surface area contributed by atoms with Crippen LogP contribution in [-0.4, -0.2) is 18.3 Å². The molecule has 7 rings (SSSR count). The Morgan fingerprint density at radius 2 is 1.00 bits per heavy atom. The lowest BCUT2D eigenvalue weighted by atomic mass is 9.61. The van der Waals surface area contributed by atoms with Crippen molar-refractivity contribution in [3.05, 3.63) is 156 Å². The van der Waals surface area contributed by atoms with Crippen LogP contribution < -0.4 is 10.4 Å². The first-order valence-corrected chi connectivity index (χ1v) is 14.4. The van der Waals surface area contributed by atoms with E-state index in [1.54, 1.807) is 0 Å². The third-order valence-corrected chi connectivity index (χ3v) is 9.17. The van der Waals surface area contributed by atoms with Crippen molar-refractivity contribution in [2.75, 3.05) is 4.90 Å². The molecule has 202 valence electrons. The Bertz CT molecular complexity index is 1640. The summed E-state index contributed by atoms with van der Waals surface area (Å²) in [6.07, 6.45) is 0. The summed E-state index contributed by atoms with van der Waals surface area (Å²) in [5.74, 6) is 0. The zero-order chi connectivity index (χ0) is 28.2. The molecule has 2 aliphatic heterocycles. The molecule has 2 aliphatic rings. The highest BCUT2D eigenvalue weighted by atomic mass is 16.7. The van der Waals surface area contributed by atoms with Gasteiger partial charge < -0.3 is 14.2 Å². The van der Waals surface area contributed by atoms with Gasteiger partial charge in [0.15, 0.2) is 0 Å². The van der Waals surface area contributed by atoms with Crippen LogP contribution in [0.1, 0.15) is 49.9 Å². The average Bonchev–Trinajstić information content (AvgIpc) is 3.23. The Morgan fingerprint density at radius 1 is 0.512 bits per heavy atom. The first-order valence-electron chi connectivity index (χ1n) is 14.4. The van der Waals surface area contributed by atoms with Gasteiger partial charge in [-0.1, -0.05) is 109 Å². The molecule has 0 aromatic heterocycles. The van der Waals surface area contributed by atoms with Crippen LogP contribution in [0.5, 0.6) is 0 Å². The first-order chi connectivity index (χ1) is 19.8. The van der Waals surface area contributed by atoms with Gasteiger partial charge in [0.25, 0.3) is 0 Å². The largest absolute Gasteiger partial charge is 0.494 e. The third kappa shape index (κ3) is 3.89. The summed E-state index contributed by atoms with van der Waals surface area (Å²) >= 11 is 0. The van der Waals surface area contributed by atoms with Gasteiger partial charge in [0.05, 0.1) is 28.0 Å². The molecule has 0 spiro atoms. The molecule has 0 amide bonds. The molecule has 2 heterocycles. The van der Waals surface area contributed by atoms with Crippen molar-refractivity contribution in [2.24, 2.45) is 0 Å². The molecule has 5 aromatic rings. The van der Waals surface area contributed by atoms with Crippen LogP contribution in [0.2, 0.25) is 0 Å². The minimum atomic E-state index is -0.556. The lowest BCUT2D eigenvalue weighted by molar-refractivity contribution is 0.00578. The van der Waals surface area contributed by atoms with Crippen molar-refractivity contribution < 1.29 is 9.31 Å². The van der Waals surface area contributed by atoms with Crippen molar-refractivity contribution in [2.45, 2.75) is 44.3 Å². The van der Waals surface area contributed by atoms with Crippen LogP contribution in [-0.2, 0) is 14.7 Å². The fraction of sp³-hybridized carbons (Fsp3) is 0.189. The lowest BCUT2D eigenvalue weighted by Gasteiger charge is -2.46. The highest BCUT2D eigenvalue weighted by molar-refractivity contribution is 6.62. The van der Waals surface area contributed by atoms with Gasteiger partial charge in [0.2, 0.25) is 0 Å². The van der Waals surface area contributed by atoms with Gasteiger partial charge >= 0.3 is 7.12 Å². The highest BCUT2D eigenvalue weighted by Crippen LogP contribution is 2.57. The molecule has 0 aliphatic carbocycles. The van der Waals surface area contributed by atoms with E-state index in [9.17, 15) is 0 Å². The van der Waals surface area contributed by atoms with E-state index in [0.29, 0.717) is 0 Å². The van der Waals surface area contributed by atoms with Crippen molar-refractivity contribution in [3.8, 4) is 0 Å². The van der Waals surface area contributed by atoms with E-state index in [4.69, 9.17) is 9.31 Å². The molecule has 4 heteroatoms. The second kappa shape index (κ2) is 9.48. The van der Waals surface area contributed by atoms with E-state index >= 15 is 0 Å². The second-order valence-corrected chi connectivity index (χ2v) is 12.0. The van der Waals surface area contributed by atoms with Gasteiger partial charge in [-0.25, -0.2) is 0 Å². The maximum atomic E-state index is 6.57. The molecule has 0 N–H and O–H groups in total. The highest BCUT2D eigenvalue weighted by Gasteiger charge is 2.53. The maximum Gasteiger partial charge on any atom is 0.494 e. The van der Waals surface area contributed by atoms with Crippen molar-refractivity contribution in [1.82, 2.24) is 0 Å². The molecule has 41 heavy (non-hydrogen) atoms. The Morgan fingerprint density at radius 3 is 1.59 bits per heavy atom. The van der Waals surface area contributed by atoms with Gasteiger partial charge in [-0.05, 0) is 79.7 Å². The molecule has 0 unspecified atom stereocenters. The monoisotopic (exact) mass is 535 g/mol. The number of hydrogen-bond donors (Lipinski definition) is 0. The van der Waals surface area contributed by atoms with Gasteiger partial charge in [0.1, 0.15) is 0 Å². The molecule has 3 nitrogen and oxygen atoms in total. The Kier molecular flexibility index (Phi) is 5.97. The molecule has 0 atom stereocenters. The van der Waals surface area contributed by atoms with Crippen LogP contribution >= 0.6 is 0 Å². The van der Waals surface area contributed by atoms with Gasteiger partial charge in [-0.15, -0.1) is 0 Å². The van der Waals surface area contributed by atoms with Gasteiger partial charge in [-0.3, -0.25) is 0 Å². The maximum absolute atomic E-state index is 6.57. The molecule has 5 aromatic carbocycles. The Balaban J connectivity index is 1.57. The van der Waals surface area contributed by atoms with E-state index in [1.807, 2.05) is 0 Å². The normalized spacial score (nSPS) is 18.0. The predicted molar refractivity (Wildman–Crippen MR) is 169 cm³/mol. The fourth-order valence-electron chi connectivity index (χ4n) is 6.46. The number of benzene rings is 5. The Hall–Kier alpha value is -4.12. The quantitative estimate of drug-likeness (QED) is 0.213. The SMILES string of the molecule is CC1(C)OB(c2ccc3c(c2)C(c2ccccc2)(c2ccccc2)c2ccccc2N3c2ccccc2)OC1(C)C. The Labute approximate surface area is 243 Å². The number of rotatable bonds is 4. The summed E-state index contributed by atoms with van der Waals surface area (Å²) in [7, 11) is -0.461. The first kappa shape index (κ1) is 25.8. The lowest BCUT2D eigenvalue weighted by Crippen LogP contribution is -2.41. The summed E-state index contributed by atoms with van der Waals surface area (Å²) < 4.78 is 13.1. The van der Waals surface area contributed by atoms with Crippen molar-refractivity contribution in [1.29, 1.82) is 0 Å². The second-order valence-electron chi connectivity index (χ2n) is 12.0. The van der Waals surface area contributed by atoms with Gasteiger partial charge in [-0.2, -0.15) is 0 Å². The van der Waals surface area contributed by atoms with Crippen molar-refractivity contribution >= 4 is 29.6 Å². The summed E-state index contributed by atoms with van der Waals surface area (Å²) in [6, 6.07) is 48.0. The smallest absolute Gasteiger partial charge is 0.399 e. The van der Waals surface area contributed by atoms with E-state index in [-0.39, 0.29) is 0 Å². The molecule has 1 fully saturated rings. The van der Waals surface area contributed by atoms with Crippen LogP contribution in [0.4, 0.5) is 17.1 Å². The summed E-state index contributed by atoms with van der Waals surface area (Å²) in [5.41, 5.74) is 7.93. The zero-order valence-electron chi connectivity index (χ0n) is 24.0. The minimum absolute atomic E-state index is 0.424. The minimum Gasteiger partial charge on any atom is -0.399 e. The number of hydrogen-bond acceptors (Lipinski definition) is 3. The van der Waals surface area contributed by atoms with Crippen LogP contribution in [0.25, 0.3) is 0 Å². The molecule has 0 saturated carbocycles. The van der Waals surface area contributed by atoms with Crippen LogP contribution in [0.15, 0.2) is 133 Å². The standard InChI is InChI=1S/C37H34BNO2/c1-35(2)36(3,4)41-38(40-35)29-24-25-34-32(26-29)37(27-16-8-5-9-17-27,28-18-10-6-11-19-28)31-22-14-15-23-33(31)39(34)30-20-12-7-13-21-30/h5-26H,1-4H3. The molecular weight excluding hydrogens is 501 g/mol. The van der Waals surface area contributed by atoms with Gasteiger partial charge in [0, 0.05) is 5.69 Å². The molecule has 1 saturated heterocycles. The van der Waals surface area contributed by atoms with Crippen molar-refractivity contribution in [3.63, 3.8) is 0 Å². The van der Waals surface area contributed by atoms with E-state index in [2.05, 4.69) is 166 Å². The molecule has 0 radical (unpaired) electrons. The third-order valence-electron chi connectivity index (χ3n) is 9.17. The van der Waals surface area contributed by atoms with Crippen LogP contribution in [0.3, 0.4) is 0 Å². The average molecular weight is 535 g/mol. The van der Waals surface area contributed by atoms with E-state index in [0.717, 1.165) is 16.8 Å². The van der Waals surface area contributed by atoms with E-state index in [1.165, 1.54) is 27.9 Å². The summed E-state index contributed by atoms with van der Waals surface area (Å²) in [6.45, 7) is 8.43. The number of anilines is 3. The summed E-state index contributed by atoms with van der Waals surface area (Å²) in [5, 5.41) is 0. The fourth-order valence-corrected chi connectivity index (χ4v) is 6.46. The van der Waals surface area contributed by atoms with Crippen LogP contribution in [0, 0.1) is 0 Å². The predicted octanol–water partition coefficient (Wildman–Crippen LogP) is 8.15. The molecular formula is C37H34BNO2. The molecule has 0 bridgehead atoms. The number of fused-ring (bicyclic) bond motifs is 2. The van der Waals surface area contributed by atoms with E-state index < -0.39 is 23.7 Å².